The van der Waals surface area contributed by atoms with Gasteiger partial charge in [0.2, 0.25) is 0 Å². The van der Waals surface area contributed by atoms with E-state index in [0.717, 1.165) is 13.1 Å². The second kappa shape index (κ2) is 6.18. The van der Waals surface area contributed by atoms with E-state index in [1.807, 2.05) is 0 Å². The van der Waals surface area contributed by atoms with Gasteiger partial charge in [-0.1, -0.05) is 23.8 Å². The standard InChI is InChI=1S/C18H19FN2O/c1-14-5-7-17(8-6-14)20-9-11-21(12-10-20)18(22)15-3-2-4-16(19)13-15/h2-8,13H,9-12H2,1H3. The number of halogens is 1. The van der Waals surface area contributed by atoms with Crippen LogP contribution < -0.4 is 4.90 Å². The van der Waals surface area contributed by atoms with Gasteiger partial charge in [-0.15, -0.1) is 0 Å². The molecule has 2 aromatic rings. The molecule has 22 heavy (non-hydrogen) atoms. The number of benzene rings is 2. The summed E-state index contributed by atoms with van der Waals surface area (Å²) in [7, 11) is 0. The fraction of sp³-hybridized carbons (Fsp3) is 0.278. The summed E-state index contributed by atoms with van der Waals surface area (Å²) in [6.45, 7) is 4.97. The van der Waals surface area contributed by atoms with E-state index in [1.54, 1.807) is 17.0 Å². The first-order valence-corrected chi connectivity index (χ1v) is 7.50. The number of aryl methyl sites for hydroxylation is 1. The van der Waals surface area contributed by atoms with Crippen LogP contribution in [-0.4, -0.2) is 37.0 Å². The van der Waals surface area contributed by atoms with E-state index < -0.39 is 0 Å². The van der Waals surface area contributed by atoms with Crippen molar-refractivity contribution in [1.82, 2.24) is 4.90 Å². The molecule has 0 aromatic heterocycles. The third-order valence-corrected chi connectivity index (χ3v) is 4.04. The molecule has 0 atom stereocenters. The van der Waals surface area contributed by atoms with Crippen molar-refractivity contribution in [2.45, 2.75) is 6.92 Å². The highest BCUT2D eigenvalue weighted by Crippen LogP contribution is 2.18. The van der Waals surface area contributed by atoms with Crippen LogP contribution in [0.15, 0.2) is 48.5 Å². The van der Waals surface area contributed by atoms with Gasteiger partial charge in [0, 0.05) is 37.4 Å². The molecule has 1 aliphatic heterocycles. The molecule has 0 bridgehead atoms. The van der Waals surface area contributed by atoms with Crippen LogP contribution in [-0.2, 0) is 0 Å². The zero-order valence-corrected chi connectivity index (χ0v) is 12.6. The van der Waals surface area contributed by atoms with Crippen molar-refractivity contribution in [3.63, 3.8) is 0 Å². The molecule has 1 fully saturated rings. The maximum atomic E-state index is 13.2. The lowest BCUT2D eigenvalue weighted by molar-refractivity contribution is 0.0746. The number of piperazine rings is 1. The lowest BCUT2D eigenvalue weighted by Crippen LogP contribution is -2.48. The van der Waals surface area contributed by atoms with Gasteiger partial charge >= 0.3 is 0 Å². The zero-order valence-electron chi connectivity index (χ0n) is 12.6. The third-order valence-electron chi connectivity index (χ3n) is 4.04. The topological polar surface area (TPSA) is 23.6 Å². The van der Waals surface area contributed by atoms with E-state index >= 15 is 0 Å². The van der Waals surface area contributed by atoms with E-state index in [9.17, 15) is 9.18 Å². The van der Waals surface area contributed by atoms with E-state index in [-0.39, 0.29) is 11.7 Å². The van der Waals surface area contributed by atoms with Gasteiger partial charge < -0.3 is 9.80 Å². The molecular formula is C18H19FN2O. The van der Waals surface area contributed by atoms with Gasteiger partial charge in [0.25, 0.3) is 5.91 Å². The van der Waals surface area contributed by atoms with Crippen molar-refractivity contribution in [2.75, 3.05) is 31.1 Å². The summed E-state index contributed by atoms with van der Waals surface area (Å²) in [5.41, 5.74) is 2.84. The first-order valence-electron chi connectivity index (χ1n) is 7.50. The Morgan fingerprint density at radius 2 is 1.68 bits per heavy atom. The van der Waals surface area contributed by atoms with Gasteiger partial charge in [-0.2, -0.15) is 0 Å². The van der Waals surface area contributed by atoms with Crippen molar-refractivity contribution in [3.8, 4) is 0 Å². The van der Waals surface area contributed by atoms with Crippen molar-refractivity contribution in [2.24, 2.45) is 0 Å². The van der Waals surface area contributed by atoms with Gasteiger partial charge in [-0.25, -0.2) is 4.39 Å². The highest BCUT2D eigenvalue weighted by Gasteiger charge is 2.22. The highest BCUT2D eigenvalue weighted by atomic mass is 19.1. The lowest BCUT2D eigenvalue weighted by Gasteiger charge is -2.36. The summed E-state index contributed by atoms with van der Waals surface area (Å²) in [6.07, 6.45) is 0. The number of hydrogen-bond acceptors (Lipinski definition) is 2. The van der Waals surface area contributed by atoms with Crippen LogP contribution in [0.3, 0.4) is 0 Å². The first kappa shape index (κ1) is 14.6. The van der Waals surface area contributed by atoms with Crippen LogP contribution in [0.5, 0.6) is 0 Å². The fourth-order valence-corrected chi connectivity index (χ4v) is 2.73. The van der Waals surface area contributed by atoms with Crippen molar-refractivity contribution >= 4 is 11.6 Å². The number of rotatable bonds is 2. The van der Waals surface area contributed by atoms with Gasteiger partial charge in [0.15, 0.2) is 0 Å². The second-order valence-corrected chi connectivity index (χ2v) is 5.63. The molecular weight excluding hydrogens is 279 g/mol. The summed E-state index contributed by atoms with van der Waals surface area (Å²) in [4.78, 5) is 16.4. The van der Waals surface area contributed by atoms with Gasteiger partial charge in [0.05, 0.1) is 0 Å². The van der Waals surface area contributed by atoms with E-state index in [2.05, 4.69) is 36.1 Å². The second-order valence-electron chi connectivity index (χ2n) is 5.63. The first-order chi connectivity index (χ1) is 10.6. The molecule has 0 N–H and O–H groups in total. The summed E-state index contributed by atoms with van der Waals surface area (Å²) in [6, 6.07) is 14.3. The number of carbonyl (C=O) groups excluding carboxylic acids is 1. The minimum Gasteiger partial charge on any atom is -0.368 e. The SMILES string of the molecule is Cc1ccc(N2CCN(C(=O)c3cccc(F)c3)CC2)cc1. The molecule has 1 heterocycles. The van der Waals surface area contributed by atoms with Crippen molar-refractivity contribution in [1.29, 1.82) is 0 Å². The van der Waals surface area contributed by atoms with Crippen LogP contribution in [0.25, 0.3) is 0 Å². The Balaban J connectivity index is 1.64. The van der Waals surface area contributed by atoms with Crippen molar-refractivity contribution in [3.05, 3.63) is 65.5 Å². The van der Waals surface area contributed by atoms with Crippen LogP contribution >= 0.6 is 0 Å². The van der Waals surface area contributed by atoms with E-state index in [1.165, 1.54) is 23.4 Å². The molecule has 1 amide bonds. The number of anilines is 1. The average molecular weight is 298 g/mol. The average Bonchev–Trinajstić information content (AvgIpc) is 2.55. The predicted octanol–water partition coefficient (Wildman–Crippen LogP) is 3.10. The molecule has 0 unspecified atom stereocenters. The Bertz CT molecular complexity index is 661. The highest BCUT2D eigenvalue weighted by molar-refractivity contribution is 5.94. The number of nitrogens with zero attached hydrogens (tertiary/aromatic N) is 2. The molecule has 0 saturated carbocycles. The molecule has 3 rings (SSSR count). The van der Waals surface area contributed by atoms with Gasteiger partial charge in [-0.3, -0.25) is 4.79 Å². The third kappa shape index (κ3) is 3.11. The predicted molar refractivity (Wildman–Crippen MR) is 85.7 cm³/mol. The monoisotopic (exact) mass is 298 g/mol. The summed E-state index contributed by atoms with van der Waals surface area (Å²) in [5.74, 6) is -0.466. The normalized spacial score (nSPS) is 15.0. The summed E-state index contributed by atoms with van der Waals surface area (Å²) in [5, 5.41) is 0. The van der Waals surface area contributed by atoms with E-state index in [0.29, 0.717) is 18.7 Å². The zero-order chi connectivity index (χ0) is 15.5. The van der Waals surface area contributed by atoms with Crippen LogP contribution in [0.2, 0.25) is 0 Å². The molecule has 114 valence electrons. The van der Waals surface area contributed by atoms with Gasteiger partial charge in [-0.05, 0) is 37.3 Å². The lowest BCUT2D eigenvalue weighted by atomic mass is 10.1. The minimum atomic E-state index is -0.371. The maximum absolute atomic E-state index is 13.2. The summed E-state index contributed by atoms with van der Waals surface area (Å²) >= 11 is 0. The molecule has 0 radical (unpaired) electrons. The minimum absolute atomic E-state index is 0.0944. The van der Waals surface area contributed by atoms with Crippen LogP contribution in [0.1, 0.15) is 15.9 Å². The Morgan fingerprint density at radius 1 is 1.00 bits per heavy atom. The van der Waals surface area contributed by atoms with Gasteiger partial charge in [0.1, 0.15) is 5.82 Å². The molecule has 1 saturated heterocycles. The molecule has 3 nitrogen and oxygen atoms in total. The Morgan fingerprint density at radius 3 is 2.32 bits per heavy atom. The molecule has 1 aliphatic rings. The van der Waals surface area contributed by atoms with Crippen molar-refractivity contribution < 1.29 is 9.18 Å². The van der Waals surface area contributed by atoms with Crippen LogP contribution in [0.4, 0.5) is 10.1 Å². The summed E-state index contributed by atoms with van der Waals surface area (Å²) < 4.78 is 13.2. The number of hydrogen-bond donors (Lipinski definition) is 0. The Labute approximate surface area is 130 Å². The molecule has 4 heteroatoms. The fourth-order valence-electron chi connectivity index (χ4n) is 2.73. The molecule has 0 spiro atoms. The largest absolute Gasteiger partial charge is 0.368 e. The maximum Gasteiger partial charge on any atom is 0.254 e. The smallest absolute Gasteiger partial charge is 0.254 e. The Hall–Kier alpha value is -2.36. The quantitative estimate of drug-likeness (QED) is 0.850. The van der Waals surface area contributed by atoms with Crippen LogP contribution in [0, 0.1) is 12.7 Å². The Kier molecular flexibility index (Phi) is 4.09. The van der Waals surface area contributed by atoms with E-state index in [4.69, 9.17) is 0 Å². The molecule has 0 aliphatic carbocycles. The number of amides is 1. The number of carbonyl (C=O) groups is 1. The molecule has 2 aromatic carbocycles.